The minimum absolute atomic E-state index is 0.186. The van der Waals surface area contributed by atoms with Gasteiger partial charge in [0.25, 0.3) is 5.91 Å². The Bertz CT molecular complexity index is 730. The summed E-state index contributed by atoms with van der Waals surface area (Å²) in [6, 6.07) is 14.2. The Morgan fingerprint density at radius 1 is 1.26 bits per heavy atom. The number of rotatable bonds is 4. The molecule has 1 amide bonds. The summed E-state index contributed by atoms with van der Waals surface area (Å²) in [6.07, 6.45) is 3.52. The predicted octanol–water partition coefficient (Wildman–Crippen LogP) is 2.73. The fraction of sp³-hybridized carbons (Fsp3) is 0.222. The van der Waals surface area contributed by atoms with Gasteiger partial charge in [-0.15, -0.1) is 0 Å². The van der Waals surface area contributed by atoms with Crippen molar-refractivity contribution in [1.29, 1.82) is 0 Å². The predicted molar refractivity (Wildman–Crippen MR) is 89.1 cm³/mol. The Balaban J connectivity index is 1.58. The van der Waals surface area contributed by atoms with E-state index >= 15 is 0 Å². The maximum Gasteiger partial charge on any atom is 0.259 e. The van der Waals surface area contributed by atoms with Gasteiger partial charge < -0.3 is 4.90 Å². The first-order valence-electron chi connectivity index (χ1n) is 7.63. The number of carbonyl (C=O) groups is 1. The van der Waals surface area contributed by atoms with Crippen LogP contribution in [0.3, 0.4) is 0 Å². The third-order valence-corrected chi connectivity index (χ3v) is 3.79. The largest absolute Gasteiger partial charge is 0.362 e. The van der Waals surface area contributed by atoms with Gasteiger partial charge in [0.15, 0.2) is 0 Å². The van der Waals surface area contributed by atoms with Crippen LogP contribution in [-0.4, -0.2) is 25.2 Å². The molecular formula is C18H18FN3O. The van der Waals surface area contributed by atoms with Crippen LogP contribution in [0.1, 0.15) is 17.5 Å². The van der Waals surface area contributed by atoms with E-state index in [1.807, 2.05) is 18.2 Å². The van der Waals surface area contributed by atoms with Gasteiger partial charge in [0.1, 0.15) is 5.82 Å². The van der Waals surface area contributed by atoms with E-state index in [9.17, 15) is 9.18 Å². The van der Waals surface area contributed by atoms with Crippen LogP contribution in [0, 0.1) is 5.82 Å². The van der Waals surface area contributed by atoms with E-state index in [0.717, 1.165) is 25.1 Å². The van der Waals surface area contributed by atoms with Crippen LogP contribution in [0.25, 0.3) is 0 Å². The van der Waals surface area contributed by atoms with Gasteiger partial charge >= 0.3 is 0 Å². The van der Waals surface area contributed by atoms with Crippen molar-refractivity contribution in [3.05, 3.63) is 65.5 Å². The second kappa shape index (κ2) is 7.05. The molecule has 0 unspecified atom stereocenters. The van der Waals surface area contributed by atoms with E-state index in [0.29, 0.717) is 5.56 Å². The molecule has 1 heterocycles. The van der Waals surface area contributed by atoms with Crippen LogP contribution >= 0.6 is 0 Å². The molecule has 0 saturated carbocycles. The summed E-state index contributed by atoms with van der Waals surface area (Å²) >= 11 is 0. The Hall–Kier alpha value is -2.69. The highest BCUT2D eigenvalue weighted by Gasteiger charge is 2.18. The summed E-state index contributed by atoms with van der Waals surface area (Å²) in [7, 11) is 0. The third-order valence-electron chi connectivity index (χ3n) is 3.79. The van der Waals surface area contributed by atoms with E-state index in [-0.39, 0.29) is 18.3 Å². The summed E-state index contributed by atoms with van der Waals surface area (Å²) in [5.41, 5.74) is 5.49. The Morgan fingerprint density at radius 3 is 3.00 bits per heavy atom. The lowest BCUT2D eigenvalue weighted by molar-refractivity contribution is -0.119. The molecule has 2 aromatic rings. The van der Waals surface area contributed by atoms with Gasteiger partial charge in [-0.25, -0.2) is 9.82 Å². The minimum Gasteiger partial charge on any atom is -0.362 e. The normalized spacial score (nSPS) is 13.9. The van der Waals surface area contributed by atoms with Gasteiger partial charge in [-0.2, -0.15) is 5.10 Å². The summed E-state index contributed by atoms with van der Waals surface area (Å²) in [6.45, 7) is 1.12. The number of hydrogen-bond acceptors (Lipinski definition) is 3. The molecular weight excluding hydrogens is 293 g/mol. The summed E-state index contributed by atoms with van der Waals surface area (Å²) in [5.74, 6) is -0.514. The van der Waals surface area contributed by atoms with Gasteiger partial charge in [-0.05, 0) is 42.2 Å². The van der Waals surface area contributed by atoms with E-state index in [2.05, 4.69) is 21.5 Å². The highest BCUT2D eigenvalue weighted by Crippen LogP contribution is 2.26. The number of aryl methyl sites for hydroxylation is 1. The van der Waals surface area contributed by atoms with Gasteiger partial charge in [-0.3, -0.25) is 4.79 Å². The highest BCUT2D eigenvalue weighted by molar-refractivity contribution is 5.84. The average Bonchev–Trinajstić information content (AvgIpc) is 2.55. The van der Waals surface area contributed by atoms with Gasteiger partial charge in [0.2, 0.25) is 0 Å². The zero-order valence-electron chi connectivity index (χ0n) is 12.7. The molecule has 118 valence electrons. The molecule has 1 N–H and O–H groups in total. The molecule has 2 aromatic carbocycles. The summed E-state index contributed by atoms with van der Waals surface area (Å²) in [5, 5.41) is 3.89. The first-order chi connectivity index (χ1) is 11.2. The van der Waals surface area contributed by atoms with Crippen molar-refractivity contribution in [3.63, 3.8) is 0 Å². The topological polar surface area (TPSA) is 44.7 Å². The molecule has 0 atom stereocenters. The van der Waals surface area contributed by atoms with Crippen LogP contribution in [0.2, 0.25) is 0 Å². The first kappa shape index (κ1) is 15.2. The zero-order chi connectivity index (χ0) is 16.1. The molecule has 0 saturated heterocycles. The van der Waals surface area contributed by atoms with E-state index in [1.165, 1.54) is 23.9 Å². The standard InChI is InChI=1S/C18H18FN3O/c19-16-8-3-5-14(11-16)12-20-21-18(23)13-22-10-4-7-15-6-1-2-9-17(15)22/h1-3,5-6,8-9,11-12H,4,7,10,13H2,(H,21,23)/b20-12+. The number of nitrogens with zero attached hydrogens (tertiary/aromatic N) is 2. The molecule has 23 heavy (non-hydrogen) atoms. The smallest absolute Gasteiger partial charge is 0.259 e. The minimum atomic E-state index is -0.329. The second-order valence-corrected chi connectivity index (χ2v) is 5.50. The van der Waals surface area contributed by atoms with Crippen molar-refractivity contribution in [2.24, 2.45) is 5.10 Å². The third kappa shape index (κ3) is 3.94. The Kier molecular flexibility index (Phi) is 4.66. The van der Waals surface area contributed by atoms with Gasteiger partial charge in [0, 0.05) is 12.2 Å². The maximum atomic E-state index is 13.0. The van der Waals surface area contributed by atoms with E-state index in [4.69, 9.17) is 0 Å². The quantitative estimate of drug-likeness (QED) is 0.697. The van der Waals surface area contributed by atoms with E-state index < -0.39 is 0 Å². The summed E-state index contributed by atoms with van der Waals surface area (Å²) in [4.78, 5) is 14.1. The molecule has 0 bridgehead atoms. The molecule has 1 aliphatic rings. The molecule has 4 nitrogen and oxygen atoms in total. The van der Waals surface area contributed by atoms with Gasteiger partial charge in [-0.1, -0.05) is 30.3 Å². The van der Waals surface area contributed by atoms with Crippen molar-refractivity contribution in [2.45, 2.75) is 12.8 Å². The van der Waals surface area contributed by atoms with Crippen LogP contribution in [0.15, 0.2) is 53.6 Å². The fourth-order valence-corrected chi connectivity index (χ4v) is 2.75. The SMILES string of the molecule is O=C(CN1CCCc2ccccc21)N/N=C/c1cccc(F)c1. The molecule has 5 heteroatoms. The summed E-state index contributed by atoms with van der Waals surface area (Å²) < 4.78 is 13.0. The van der Waals surface area contributed by atoms with Crippen molar-refractivity contribution < 1.29 is 9.18 Å². The van der Waals surface area contributed by atoms with Crippen LogP contribution in [0.4, 0.5) is 10.1 Å². The molecule has 1 aliphatic heterocycles. The lowest BCUT2D eigenvalue weighted by atomic mass is 10.0. The lowest BCUT2D eigenvalue weighted by Gasteiger charge is -2.30. The van der Waals surface area contributed by atoms with Crippen molar-refractivity contribution in [2.75, 3.05) is 18.0 Å². The van der Waals surface area contributed by atoms with Crippen LogP contribution < -0.4 is 10.3 Å². The number of hydrazone groups is 1. The van der Waals surface area contributed by atoms with Crippen molar-refractivity contribution in [1.82, 2.24) is 5.43 Å². The molecule has 0 fully saturated rings. The molecule has 0 aliphatic carbocycles. The number of amides is 1. The Labute approximate surface area is 134 Å². The number of fused-ring (bicyclic) bond motifs is 1. The number of benzene rings is 2. The molecule has 0 radical (unpaired) electrons. The highest BCUT2D eigenvalue weighted by atomic mass is 19.1. The second-order valence-electron chi connectivity index (χ2n) is 5.50. The maximum absolute atomic E-state index is 13.0. The van der Waals surface area contributed by atoms with Crippen LogP contribution in [-0.2, 0) is 11.2 Å². The van der Waals surface area contributed by atoms with Crippen molar-refractivity contribution >= 4 is 17.8 Å². The monoisotopic (exact) mass is 311 g/mol. The molecule has 0 spiro atoms. The molecule has 3 rings (SSSR count). The number of para-hydroxylation sites is 1. The lowest BCUT2D eigenvalue weighted by Crippen LogP contribution is -2.38. The number of halogens is 1. The molecule has 0 aromatic heterocycles. The van der Waals surface area contributed by atoms with E-state index in [1.54, 1.807) is 12.1 Å². The number of anilines is 1. The number of carbonyl (C=O) groups excluding carboxylic acids is 1. The van der Waals surface area contributed by atoms with Crippen molar-refractivity contribution in [3.8, 4) is 0 Å². The number of nitrogens with one attached hydrogen (secondary N) is 1. The zero-order valence-corrected chi connectivity index (χ0v) is 12.7. The fourth-order valence-electron chi connectivity index (χ4n) is 2.75. The van der Waals surface area contributed by atoms with Crippen LogP contribution in [0.5, 0.6) is 0 Å². The van der Waals surface area contributed by atoms with Gasteiger partial charge in [0.05, 0.1) is 12.8 Å². The first-order valence-corrected chi connectivity index (χ1v) is 7.63. The average molecular weight is 311 g/mol. The Morgan fingerprint density at radius 2 is 2.13 bits per heavy atom. The number of hydrogen-bond donors (Lipinski definition) is 1.